The zero-order valence-electron chi connectivity index (χ0n) is 12.4. The van der Waals surface area contributed by atoms with Crippen LogP contribution in [-0.4, -0.2) is 31.1 Å². The molecule has 2 rings (SSSR count). The Balaban J connectivity index is 2.02. The molecule has 1 aliphatic heterocycles. The van der Waals surface area contributed by atoms with Crippen molar-refractivity contribution in [2.75, 3.05) is 20.2 Å². The summed E-state index contributed by atoms with van der Waals surface area (Å²) in [6, 6.07) is 7.11. The third kappa shape index (κ3) is 4.22. The van der Waals surface area contributed by atoms with Crippen LogP contribution in [-0.2, 0) is 13.1 Å². The van der Waals surface area contributed by atoms with Crippen LogP contribution in [0.1, 0.15) is 37.8 Å². The number of nitrogens with zero attached hydrogens (tertiary/aromatic N) is 1. The molecule has 0 saturated carbocycles. The van der Waals surface area contributed by atoms with Crippen molar-refractivity contribution in [3.8, 4) is 5.75 Å². The zero-order valence-corrected chi connectivity index (χ0v) is 12.4. The molecular weight excluding hydrogens is 236 g/mol. The van der Waals surface area contributed by atoms with Crippen LogP contribution in [0, 0.1) is 0 Å². The van der Waals surface area contributed by atoms with Crippen molar-refractivity contribution in [1.29, 1.82) is 0 Å². The third-order valence-electron chi connectivity index (χ3n) is 3.66. The van der Waals surface area contributed by atoms with Gasteiger partial charge in [0.15, 0.2) is 0 Å². The fourth-order valence-corrected chi connectivity index (χ4v) is 2.55. The number of hydrogen-bond acceptors (Lipinski definition) is 3. The first kappa shape index (κ1) is 14.4. The number of rotatable bonds is 6. The van der Waals surface area contributed by atoms with Gasteiger partial charge in [-0.05, 0) is 37.6 Å². The first-order valence-corrected chi connectivity index (χ1v) is 7.30. The van der Waals surface area contributed by atoms with Gasteiger partial charge in [-0.1, -0.05) is 26.0 Å². The maximum atomic E-state index is 5.52. The number of benzene rings is 1. The number of likely N-dealkylation sites (tertiary alicyclic amines) is 1. The lowest BCUT2D eigenvalue weighted by atomic mass is 10.1. The van der Waals surface area contributed by atoms with Crippen molar-refractivity contribution in [1.82, 2.24) is 10.2 Å². The molecule has 0 aromatic heterocycles. The van der Waals surface area contributed by atoms with E-state index >= 15 is 0 Å². The predicted octanol–water partition coefficient (Wildman–Crippen LogP) is 2.79. The lowest BCUT2D eigenvalue weighted by Gasteiger charge is -2.17. The first-order chi connectivity index (χ1) is 9.19. The maximum absolute atomic E-state index is 5.52. The van der Waals surface area contributed by atoms with Crippen molar-refractivity contribution in [3.05, 3.63) is 29.3 Å². The highest BCUT2D eigenvalue weighted by molar-refractivity contribution is 5.37. The standard InChI is InChI=1S/C16H26N2O/c1-13(2)17-11-15-7-6-14(10-16(15)19-3)12-18-8-4-5-9-18/h6-7,10,13,17H,4-5,8-9,11-12H2,1-3H3. The highest BCUT2D eigenvalue weighted by Crippen LogP contribution is 2.22. The van der Waals surface area contributed by atoms with Gasteiger partial charge < -0.3 is 10.1 Å². The summed E-state index contributed by atoms with van der Waals surface area (Å²) in [5.74, 6) is 1.00. The Labute approximate surface area is 116 Å². The van der Waals surface area contributed by atoms with E-state index in [4.69, 9.17) is 4.74 Å². The highest BCUT2D eigenvalue weighted by Gasteiger charge is 2.13. The fourth-order valence-electron chi connectivity index (χ4n) is 2.55. The second-order valence-corrected chi connectivity index (χ2v) is 5.67. The summed E-state index contributed by atoms with van der Waals surface area (Å²) in [5.41, 5.74) is 2.59. The number of ether oxygens (including phenoxy) is 1. The van der Waals surface area contributed by atoms with Crippen LogP contribution < -0.4 is 10.1 Å². The van der Waals surface area contributed by atoms with Crippen molar-refractivity contribution in [2.45, 2.75) is 45.8 Å². The van der Waals surface area contributed by atoms with E-state index in [1.54, 1.807) is 7.11 Å². The van der Waals surface area contributed by atoms with E-state index in [2.05, 4.69) is 42.3 Å². The monoisotopic (exact) mass is 262 g/mol. The molecule has 3 heteroatoms. The van der Waals surface area contributed by atoms with Gasteiger partial charge in [0.05, 0.1) is 7.11 Å². The van der Waals surface area contributed by atoms with Crippen LogP contribution in [0.5, 0.6) is 5.75 Å². The predicted molar refractivity (Wildman–Crippen MR) is 79.5 cm³/mol. The van der Waals surface area contributed by atoms with Crippen molar-refractivity contribution < 1.29 is 4.74 Å². The molecule has 1 aromatic carbocycles. The highest BCUT2D eigenvalue weighted by atomic mass is 16.5. The van der Waals surface area contributed by atoms with Gasteiger partial charge in [-0.3, -0.25) is 4.90 Å². The van der Waals surface area contributed by atoms with Gasteiger partial charge in [-0.25, -0.2) is 0 Å². The van der Waals surface area contributed by atoms with E-state index in [1.165, 1.54) is 37.1 Å². The Morgan fingerprint density at radius 3 is 2.63 bits per heavy atom. The molecule has 1 N–H and O–H groups in total. The molecule has 0 spiro atoms. The second kappa shape index (κ2) is 6.92. The lowest BCUT2D eigenvalue weighted by Crippen LogP contribution is -2.22. The SMILES string of the molecule is COc1cc(CN2CCCC2)ccc1CNC(C)C. The van der Waals surface area contributed by atoms with Gasteiger partial charge in [0.2, 0.25) is 0 Å². The van der Waals surface area contributed by atoms with E-state index in [0.717, 1.165) is 18.8 Å². The first-order valence-electron chi connectivity index (χ1n) is 7.30. The van der Waals surface area contributed by atoms with Crippen LogP contribution in [0.25, 0.3) is 0 Å². The van der Waals surface area contributed by atoms with Crippen molar-refractivity contribution >= 4 is 0 Å². The molecule has 0 radical (unpaired) electrons. The average Bonchev–Trinajstić information content (AvgIpc) is 2.89. The average molecular weight is 262 g/mol. The minimum atomic E-state index is 0.494. The topological polar surface area (TPSA) is 24.5 Å². The number of methoxy groups -OCH3 is 1. The molecular formula is C16H26N2O. The molecule has 1 saturated heterocycles. The van der Waals surface area contributed by atoms with Gasteiger partial charge >= 0.3 is 0 Å². The third-order valence-corrected chi connectivity index (χ3v) is 3.66. The molecule has 0 bridgehead atoms. The van der Waals surface area contributed by atoms with Crippen LogP contribution in [0.4, 0.5) is 0 Å². The smallest absolute Gasteiger partial charge is 0.123 e. The summed E-state index contributed by atoms with van der Waals surface area (Å²) in [7, 11) is 1.76. The summed E-state index contributed by atoms with van der Waals surface area (Å²) >= 11 is 0. The minimum absolute atomic E-state index is 0.494. The molecule has 1 aromatic rings. The number of nitrogens with one attached hydrogen (secondary N) is 1. The van der Waals surface area contributed by atoms with E-state index in [0.29, 0.717) is 6.04 Å². The van der Waals surface area contributed by atoms with Crippen molar-refractivity contribution in [2.24, 2.45) is 0 Å². The van der Waals surface area contributed by atoms with E-state index < -0.39 is 0 Å². The molecule has 0 atom stereocenters. The molecule has 106 valence electrons. The summed E-state index contributed by atoms with van der Waals surface area (Å²) in [5, 5.41) is 3.44. The summed E-state index contributed by atoms with van der Waals surface area (Å²) in [4.78, 5) is 2.51. The Bertz CT molecular complexity index is 398. The minimum Gasteiger partial charge on any atom is -0.496 e. The Hall–Kier alpha value is -1.06. The molecule has 0 unspecified atom stereocenters. The van der Waals surface area contributed by atoms with Crippen molar-refractivity contribution in [3.63, 3.8) is 0 Å². The van der Waals surface area contributed by atoms with E-state index in [-0.39, 0.29) is 0 Å². The van der Waals surface area contributed by atoms with E-state index in [1.807, 2.05) is 0 Å². The summed E-state index contributed by atoms with van der Waals surface area (Å²) < 4.78 is 5.52. The van der Waals surface area contributed by atoms with Crippen LogP contribution in [0.15, 0.2) is 18.2 Å². The fraction of sp³-hybridized carbons (Fsp3) is 0.625. The molecule has 19 heavy (non-hydrogen) atoms. The number of hydrogen-bond donors (Lipinski definition) is 1. The largest absolute Gasteiger partial charge is 0.496 e. The lowest BCUT2D eigenvalue weighted by molar-refractivity contribution is 0.330. The molecule has 1 heterocycles. The molecule has 3 nitrogen and oxygen atoms in total. The summed E-state index contributed by atoms with van der Waals surface area (Å²) in [6.07, 6.45) is 2.68. The van der Waals surface area contributed by atoms with Crippen LogP contribution >= 0.6 is 0 Å². The van der Waals surface area contributed by atoms with Gasteiger partial charge in [-0.2, -0.15) is 0 Å². The summed E-state index contributed by atoms with van der Waals surface area (Å²) in [6.45, 7) is 8.71. The normalized spacial score (nSPS) is 16.2. The van der Waals surface area contributed by atoms with Crippen LogP contribution in [0.3, 0.4) is 0 Å². The molecule has 1 fully saturated rings. The zero-order chi connectivity index (χ0) is 13.7. The Morgan fingerprint density at radius 2 is 2.00 bits per heavy atom. The van der Waals surface area contributed by atoms with Gasteiger partial charge in [0, 0.05) is 24.7 Å². The van der Waals surface area contributed by atoms with E-state index in [9.17, 15) is 0 Å². The second-order valence-electron chi connectivity index (χ2n) is 5.67. The van der Waals surface area contributed by atoms with Crippen LogP contribution in [0.2, 0.25) is 0 Å². The molecule has 0 amide bonds. The Morgan fingerprint density at radius 1 is 1.26 bits per heavy atom. The van der Waals surface area contributed by atoms with Gasteiger partial charge in [0.25, 0.3) is 0 Å². The van der Waals surface area contributed by atoms with Gasteiger partial charge in [0.1, 0.15) is 5.75 Å². The Kier molecular flexibility index (Phi) is 5.23. The molecule has 1 aliphatic rings. The quantitative estimate of drug-likeness (QED) is 0.853. The van der Waals surface area contributed by atoms with Gasteiger partial charge in [-0.15, -0.1) is 0 Å². The maximum Gasteiger partial charge on any atom is 0.123 e. The molecule has 0 aliphatic carbocycles.